The van der Waals surface area contributed by atoms with Gasteiger partial charge in [-0.15, -0.1) is 0 Å². The predicted octanol–water partition coefficient (Wildman–Crippen LogP) is 3.29. The molecular weight excluding hydrogens is 334 g/mol. The van der Waals surface area contributed by atoms with E-state index in [0.717, 1.165) is 0 Å². The summed E-state index contributed by atoms with van der Waals surface area (Å²) in [6.45, 7) is 3.93. The summed E-state index contributed by atoms with van der Waals surface area (Å²) in [5.41, 5.74) is 0.409. The maximum Gasteiger partial charge on any atom is 0.323 e. The monoisotopic (exact) mass is 347 g/mol. The van der Waals surface area contributed by atoms with Gasteiger partial charge in [0.1, 0.15) is 6.54 Å². The second kappa shape index (κ2) is 6.91. The lowest BCUT2D eigenvalue weighted by molar-refractivity contribution is -0.137. The zero-order chi connectivity index (χ0) is 14.6. The lowest BCUT2D eigenvalue weighted by Crippen LogP contribution is -2.38. The summed E-state index contributed by atoms with van der Waals surface area (Å²) in [4.78, 5) is 24.5. The molecule has 4 nitrogen and oxygen atoms in total. The van der Waals surface area contributed by atoms with Crippen LogP contribution in [0.4, 0.5) is 0 Å². The first-order chi connectivity index (χ1) is 8.81. The van der Waals surface area contributed by atoms with Crippen molar-refractivity contribution < 1.29 is 14.7 Å². The van der Waals surface area contributed by atoms with Crippen LogP contribution in [0.5, 0.6) is 0 Å². The first-order valence-corrected chi connectivity index (χ1v) is 6.94. The molecule has 1 rings (SSSR count). The lowest BCUT2D eigenvalue weighted by atomic mass is 10.1. The summed E-state index contributed by atoms with van der Waals surface area (Å²) >= 11 is 9.09. The molecule has 0 aliphatic heterocycles. The quantitative estimate of drug-likeness (QED) is 0.888. The third-order valence-corrected chi connectivity index (χ3v) is 3.25. The molecule has 0 spiro atoms. The van der Waals surface area contributed by atoms with E-state index in [1.807, 2.05) is 13.8 Å². The van der Waals surface area contributed by atoms with Gasteiger partial charge in [-0.1, -0.05) is 25.4 Å². The summed E-state index contributed by atoms with van der Waals surface area (Å²) in [5, 5.41) is 9.39. The molecule has 0 heterocycles. The molecular formula is C13H15BrClNO3. The summed E-state index contributed by atoms with van der Waals surface area (Å²) in [7, 11) is 0. The Labute approximate surface area is 125 Å². The van der Waals surface area contributed by atoms with Gasteiger partial charge in [0.2, 0.25) is 0 Å². The average molecular weight is 349 g/mol. The van der Waals surface area contributed by atoms with E-state index in [1.54, 1.807) is 18.2 Å². The van der Waals surface area contributed by atoms with Crippen LogP contribution in [0, 0.1) is 5.92 Å². The number of hydrogen-bond donors (Lipinski definition) is 1. The highest BCUT2D eigenvalue weighted by molar-refractivity contribution is 9.10. The van der Waals surface area contributed by atoms with E-state index in [-0.39, 0.29) is 18.4 Å². The third-order valence-electron chi connectivity index (χ3n) is 2.36. The van der Waals surface area contributed by atoms with Gasteiger partial charge in [0.15, 0.2) is 0 Å². The number of aliphatic carboxylic acids is 1. The van der Waals surface area contributed by atoms with Gasteiger partial charge < -0.3 is 10.0 Å². The standard InChI is InChI=1S/C13H15BrClNO3/c1-8(2)6-16(7-12(17)18)13(19)10-4-3-9(15)5-11(10)14/h3-5,8H,6-7H2,1-2H3,(H,17,18). The zero-order valence-corrected chi connectivity index (χ0v) is 13.0. The fourth-order valence-electron chi connectivity index (χ4n) is 1.66. The van der Waals surface area contributed by atoms with Crippen molar-refractivity contribution in [1.29, 1.82) is 0 Å². The van der Waals surface area contributed by atoms with Gasteiger partial charge in [0, 0.05) is 16.0 Å². The number of carbonyl (C=O) groups is 2. The molecule has 0 radical (unpaired) electrons. The van der Waals surface area contributed by atoms with E-state index in [1.165, 1.54) is 4.90 Å². The van der Waals surface area contributed by atoms with Crippen LogP contribution >= 0.6 is 27.5 Å². The van der Waals surface area contributed by atoms with Crippen molar-refractivity contribution >= 4 is 39.4 Å². The van der Waals surface area contributed by atoms with Crippen LogP contribution in [-0.2, 0) is 4.79 Å². The normalized spacial score (nSPS) is 10.6. The Balaban J connectivity index is 3.00. The van der Waals surface area contributed by atoms with Crippen LogP contribution in [0.1, 0.15) is 24.2 Å². The van der Waals surface area contributed by atoms with Crippen molar-refractivity contribution in [2.75, 3.05) is 13.1 Å². The minimum absolute atomic E-state index is 0.189. The predicted molar refractivity (Wildman–Crippen MR) is 77.5 cm³/mol. The van der Waals surface area contributed by atoms with E-state index in [9.17, 15) is 9.59 Å². The zero-order valence-electron chi connectivity index (χ0n) is 10.7. The number of carboxylic acid groups (broad SMARTS) is 1. The summed E-state index contributed by atoms with van der Waals surface area (Å²) in [5.74, 6) is -1.16. The van der Waals surface area contributed by atoms with Crippen LogP contribution in [-0.4, -0.2) is 35.0 Å². The minimum atomic E-state index is -1.03. The molecule has 0 saturated heterocycles. The van der Waals surface area contributed by atoms with Crippen molar-refractivity contribution in [3.8, 4) is 0 Å². The van der Waals surface area contributed by atoms with Gasteiger partial charge >= 0.3 is 5.97 Å². The Morgan fingerprint density at radius 3 is 2.53 bits per heavy atom. The Bertz CT molecular complexity index is 491. The van der Waals surface area contributed by atoms with Crippen molar-refractivity contribution in [2.24, 2.45) is 5.92 Å². The van der Waals surface area contributed by atoms with E-state index in [2.05, 4.69) is 15.9 Å². The molecule has 1 aromatic carbocycles. The molecule has 1 aromatic rings. The van der Waals surface area contributed by atoms with Crippen LogP contribution in [0.25, 0.3) is 0 Å². The molecule has 0 bridgehead atoms. The Kier molecular flexibility index (Phi) is 5.82. The second-order valence-corrected chi connectivity index (χ2v) is 5.89. The number of hydrogen-bond acceptors (Lipinski definition) is 2. The van der Waals surface area contributed by atoms with Crippen molar-refractivity contribution in [3.63, 3.8) is 0 Å². The highest BCUT2D eigenvalue weighted by atomic mass is 79.9. The van der Waals surface area contributed by atoms with E-state index in [4.69, 9.17) is 16.7 Å². The highest BCUT2D eigenvalue weighted by Crippen LogP contribution is 2.23. The smallest absolute Gasteiger partial charge is 0.323 e. The van der Waals surface area contributed by atoms with Crippen LogP contribution in [0.15, 0.2) is 22.7 Å². The van der Waals surface area contributed by atoms with Crippen molar-refractivity contribution in [2.45, 2.75) is 13.8 Å². The van der Waals surface area contributed by atoms with Gasteiger partial charge in [-0.05, 0) is 40.0 Å². The minimum Gasteiger partial charge on any atom is -0.480 e. The number of carboxylic acids is 1. The number of nitrogens with zero attached hydrogens (tertiary/aromatic N) is 1. The highest BCUT2D eigenvalue weighted by Gasteiger charge is 2.21. The van der Waals surface area contributed by atoms with Crippen LogP contribution in [0.2, 0.25) is 5.02 Å². The maximum absolute atomic E-state index is 12.3. The van der Waals surface area contributed by atoms with E-state index in [0.29, 0.717) is 21.6 Å². The Morgan fingerprint density at radius 1 is 1.42 bits per heavy atom. The molecule has 104 valence electrons. The number of halogens is 2. The van der Waals surface area contributed by atoms with Crippen LogP contribution in [0.3, 0.4) is 0 Å². The number of carbonyl (C=O) groups excluding carboxylic acids is 1. The molecule has 0 aromatic heterocycles. The van der Waals surface area contributed by atoms with E-state index >= 15 is 0 Å². The molecule has 0 saturated carbocycles. The molecule has 1 N–H and O–H groups in total. The van der Waals surface area contributed by atoms with Gasteiger partial charge in [0.25, 0.3) is 5.91 Å². The Morgan fingerprint density at radius 2 is 2.05 bits per heavy atom. The van der Waals surface area contributed by atoms with Crippen molar-refractivity contribution in [1.82, 2.24) is 4.90 Å². The maximum atomic E-state index is 12.3. The fourth-order valence-corrected chi connectivity index (χ4v) is 2.51. The number of benzene rings is 1. The molecule has 0 aliphatic carbocycles. The topological polar surface area (TPSA) is 57.6 Å². The molecule has 0 aliphatic rings. The summed E-state index contributed by atoms with van der Waals surface area (Å²) in [6, 6.07) is 4.81. The first-order valence-electron chi connectivity index (χ1n) is 5.77. The summed E-state index contributed by atoms with van der Waals surface area (Å²) in [6.07, 6.45) is 0. The fraction of sp³-hybridized carbons (Fsp3) is 0.385. The molecule has 0 fully saturated rings. The first kappa shape index (κ1) is 16.0. The molecule has 0 atom stereocenters. The second-order valence-electron chi connectivity index (χ2n) is 4.60. The van der Waals surface area contributed by atoms with Gasteiger partial charge in [-0.3, -0.25) is 9.59 Å². The van der Waals surface area contributed by atoms with E-state index < -0.39 is 5.97 Å². The molecule has 1 amide bonds. The van der Waals surface area contributed by atoms with Gasteiger partial charge in [-0.2, -0.15) is 0 Å². The van der Waals surface area contributed by atoms with Gasteiger partial charge in [0.05, 0.1) is 5.56 Å². The van der Waals surface area contributed by atoms with Gasteiger partial charge in [-0.25, -0.2) is 0 Å². The number of rotatable bonds is 5. The molecule has 6 heteroatoms. The molecule has 19 heavy (non-hydrogen) atoms. The molecule has 0 unspecified atom stereocenters. The third kappa shape index (κ3) is 4.84. The number of amides is 1. The Hall–Kier alpha value is -1.07. The van der Waals surface area contributed by atoms with Crippen LogP contribution < -0.4 is 0 Å². The average Bonchev–Trinajstić information content (AvgIpc) is 2.26. The SMILES string of the molecule is CC(C)CN(CC(=O)O)C(=O)c1ccc(Cl)cc1Br. The lowest BCUT2D eigenvalue weighted by Gasteiger charge is -2.23. The van der Waals surface area contributed by atoms with Crippen molar-refractivity contribution in [3.05, 3.63) is 33.3 Å². The largest absolute Gasteiger partial charge is 0.480 e. The summed E-state index contributed by atoms with van der Waals surface area (Å²) < 4.78 is 0.559.